The van der Waals surface area contributed by atoms with Crippen LogP contribution in [-0.2, 0) is 22.6 Å². The monoisotopic (exact) mass is 608 g/mol. The van der Waals surface area contributed by atoms with Gasteiger partial charge in [0.25, 0.3) is 0 Å². The van der Waals surface area contributed by atoms with Crippen molar-refractivity contribution in [1.82, 2.24) is 0 Å². The second-order valence-corrected chi connectivity index (χ2v) is 17.0. The molecule has 0 unspecified atom stereocenters. The summed E-state index contributed by atoms with van der Waals surface area (Å²) in [4.78, 5) is 12.2. The first kappa shape index (κ1) is 34.4. The highest BCUT2D eigenvalue weighted by molar-refractivity contribution is 6.90. The van der Waals surface area contributed by atoms with Gasteiger partial charge in [-0.1, -0.05) is 106 Å². The Morgan fingerprint density at radius 2 is 1.51 bits per heavy atom. The predicted molar refractivity (Wildman–Crippen MR) is 174 cm³/mol. The zero-order chi connectivity index (χ0) is 31.6. The van der Waals surface area contributed by atoms with Gasteiger partial charge in [-0.15, -0.1) is 0 Å². The van der Waals surface area contributed by atoms with Gasteiger partial charge in [0, 0.05) is 35.8 Å². The molecule has 0 saturated carbocycles. The number of halogens is 2. The number of hydrogen-bond acceptors (Lipinski definition) is 4. The lowest BCUT2D eigenvalue weighted by Crippen LogP contribution is -2.43. The summed E-state index contributed by atoms with van der Waals surface area (Å²) in [6, 6.07) is 17.3. The molecular formula is C36H46F2O4Si. The second kappa shape index (κ2) is 16.1. The van der Waals surface area contributed by atoms with E-state index in [-0.39, 0.29) is 42.4 Å². The van der Waals surface area contributed by atoms with Gasteiger partial charge in [0.05, 0.1) is 8.07 Å². The molecule has 4 nitrogen and oxygen atoms in total. The van der Waals surface area contributed by atoms with Crippen LogP contribution >= 0.6 is 0 Å². The number of rotatable bonds is 16. The van der Waals surface area contributed by atoms with Gasteiger partial charge < -0.3 is 14.9 Å². The molecule has 0 heterocycles. The number of benzene rings is 3. The maximum absolute atomic E-state index is 15.6. The summed E-state index contributed by atoms with van der Waals surface area (Å²) in [6.07, 6.45) is 5.93. The molecule has 0 aliphatic heterocycles. The third kappa shape index (κ3) is 9.18. The molecule has 0 amide bonds. The topological polar surface area (TPSA) is 66.8 Å². The third-order valence-electron chi connectivity index (χ3n) is 8.20. The van der Waals surface area contributed by atoms with Gasteiger partial charge in [0.1, 0.15) is 6.61 Å². The van der Waals surface area contributed by atoms with Gasteiger partial charge in [-0.05, 0) is 54.5 Å². The van der Waals surface area contributed by atoms with Crippen LogP contribution in [-0.4, -0.2) is 37.5 Å². The van der Waals surface area contributed by atoms with E-state index in [4.69, 9.17) is 4.74 Å². The lowest BCUT2D eigenvalue weighted by Gasteiger charge is -2.27. The summed E-state index contributed by atoms with van der Waals surface area (Å²) in [6.45, 7) is 11.7. The predicted octanol–water partition coefficient (Wildman–Crippen LogP) is 7.95. The van der Waals surface area contributed by atoms with Crippen molar-refractivity contribution in [2.24, 2.45) is 5.92 Å². The number of carbonyl (C=O) groups excluding carboxylic acids is 1. The Kier molecular flexibility index (Phi) is 12.9. The Morgan fingerprint density at radius 3 is 2.09 bits per heavy atom. The van der Waals surface area contributed by atoms with Gasteiger partial charge in [-0.3, -0.25) is 0 Å². The van der Waals surface area contributed by atoms with Crippen LogP contribution < -0.4 is 5.19 Å². The summed E-state index contributed by atoms with van der Waals surface area (Å²) in [5.74, 6) is -2.47. The molecule has 3 aromatic carbocycles. The third-order valence-corrected chi connectivity index (χ3v) is 11.7. The van der Waals surface area contributed by atoms with Crippen molar-refractivity contribution in [2.45, 2.75) is 78.1 Å². The van der Waals surface area contributed by atoms with Gasteiger partial charge in [0.15, 0.2) is 11.6 Å². The normalized spacial score (nSPS) is 11.7. The number of ether oxygens (including phenoxy) is 1. The summed E-state index contributed by atoms with van der Waals surface area (Å²) in [5, 5.41) is 19.9. The fourth-order valence-electron chi connectivity index (χ4n) is 5.44. The molecule has 0 atom stereocenters. The van der Waals surface area contributed by atoms with Crippen molar-refractivity contribution in [2.75, 3.05) is 13.2 Å². The Balaban J connectivity index is 1.93. The minimum absolute atomic E-state index is 0.00596. The summed E-state index contributed by atoms with van der Waals surface area (Å²) < 4.78 is 36.6. The summed E-state index contributed by atoms with van der Waals surface area (Å²) in [7, 11) is -2.08. The van der Waals surface area contributed by atoms with Crippen LogP contribution in [0.1, 0.15) is 57.1 Å². The molecule has 2 N–H and O–H groups in total. The van der Waals surface area contributed by atoms with Crippen LogP contribution in [0.3, 0.4) is 0 Å². The van der Waals surface area contributed by atoms with Crippen LogP contribution in [0, 0.1) is 17.6 Å². The van der Waals surface area contributed by atoms with Crippen molar-refractivity contribution in [3.8, 4) is 22.3 Å². The van der Waals surface area contributed by atoms with Crippen LogP contribution in [0.4, 0.5) is 8.78 Å². The van der Waals surface area contributed by atoms with Crippen LogP contribution in [0.15, 0.2) is 66.7 Å². The van der Waals surface area contributed by atoms with Crippen molar-refractivity contribution in [3.05, 3.63) is 89.5 Å². The highest BCUT2D eigenvalue weighted by Crippen LogP contribution is 2.33. The first-order valence-corrected chi connectivity index (χ1v) is 18.5. The molecule has 0 fully saturated rings. The Morgan fingerprint density at radius 1 is 0.907 bits per heavy atom. The summed E-state index contributed by atoms with van der Waals surface area (Å²) >= 11 is 0. The van der Waals surface area contributed by atoms with Crippen LogP contribution in [0.5, 0.6) is 0 Å². The van der Waals surface area contributed by atoms with E-state index in [0.717, 1.165) is 48.9 Å². The molecule has 0 aliphatic rings. The van der Waals surface area contributed by atoms with E-state index in [1.807, 2.05) is 30.3 Å². The number of esters is 1. The molecule has 43 heavy (non-hydrogen) atoms. The van der Waals surface area contributed by atoms with E-state index in [0.29, 0.717) is 17.5 Å². The second-order valence-electron chi connectivity index (χ2n) is 12.2. The Labute approximate surface area is 256 Å². The fraction of sp³-hybridized carbons (Fsp3) is 0.417. The fourth-order valence-corrected chi connectivity index (χ4v) is 8.35. The number of aryl methyl sites for hydroxylation is 1. The van der Waals surface area contributed by atoms with Crippen molar-refractivity contribution in [3.63, 3.8) is 0 Å². The SMILES string of the molecule is C=C(C)C(=O)OCc1cc(-c2ccc(-c3ccc(CCCCC)cc3)c(F)c2F)ccc1[Si](C)(C)CCCC(CO)CO. The molecular weight excluding hydrogens is 562 g/mol. The van der Waals surface area contributed by atoms with Crippen LogP contribution in [0.25, 0.3) is 22.3 Å². The maximum Gasteiger partial charge on any atom is 0.333 e. The van der Waals surface area contributed by atoms with E-state index >= 15 is 8.78 Å². The van der Waals surface area contributed by atoms with E-state index in [1.165, 1.54) is 5.56 Å². The standard InChI is InChI=1S/C36H46F2O4Si/c1-6-7-8-10-26-12-14-28(15-13-26)31-17-18-32(35(38)34(31)37)29-16-19-33(30(21-29)24-42-36(41)25(2)3)43(4,5)20-9-11-27(22-39)23-40/h12-19,21,27,39-40H,2,6-11,20,22-24H2,1,3-5H3. The molecule has 3 rings (SSSR count). The lowest BCUT2D eigenvalue weighted by atomic mass is 9.96. The molecule has 7 heteroatoms. The number of aliphatic hydroxyl groups is 2. The Bertz CT molecular complexity index is 1380. The van der Waals surface area contributed by atoms with Crippen molar-refractivity contribution < 1.29 is 28.5 Å². The molecule has 0 aromatic heterocycles. The molecule has 0 bridgehead atoms. The first-order chi connectivity index (χ1) is 20.5. The van der Waals surface area contributed by atoms with Crippen LogP contribution in [0.2, 0.25) is 19.1 Å². The highest BCUT2D eigenvalue weighted by Gasteiger charge is 2.27. The zero-order valence-electron chi connectivity index (χ0n) is 26.0. The van der Waals surface area contributed by atoms with Gasteiger partial charge in [-0.2, -0.15) is 0 Å². The molecule has 232 valence electrons. The van der Waals surface area contributed by atoms with Gasteiger partial charge in [-0.25, -0.2) is 13.6 Å². The number of unbranched alkanes of at least 4 members (excludes halogenated alkanes) is 2. The minimum atomic E-state index is -2.08. The average Bonchev–Trinajstić information content (AvgIpc) is 2.99. The molecule has 0 spiro atoms. The lowest BCUT2D eigenvalue weighted by molar-refractivity contribution is -0.140. The highest BCUT2D eigenvalue weighted by atomic mass is 28.3. The zero-order valence-corrected chi connectivity index (χ0v) is 27.0. The minimum Gasteiger partial charge on any atom is -0.457 e. The van der Waals surface area contributed by atoms with Crippen molar-refractivity contribution >= 4 is 19.2 Å². The molecule has 0 aliphatic carbocycles. The largest absolute Gasteiger partial charge is 0.457 e. The van der Waals surface area contributed by atoms with E-state index in [9.17, 15) is 15.0 Å². The van der Waals surface area contributed by atoms with E-state index in [1.54, 1.807) is 31.2 Å². The quantitative estimate of drug-likeness (QED) is 0.0750. The van der Waals surface area contributed by atoms with E-state index in [2.05, 4.69) is 26.6 Å². The number of aliphatic hydroxyl groups excluding tert-OH is 2. The maximum atomic E-state index is 15.6. The molecule has 0 saturated heterocycles. The first-order valence-electron chi connectivity index (χ1n) is 15.3. The Hall–Kier alpha value is -3.13. The summed E-state index contributed by atoms with van der Waals surface area (Å²) in [5.41, 5.74) is 3.71. The number of carbonyl (C=O) groups is 1. The van der Waals surface area contributed by atoms with E-state index < -0.39 is 25.7 Å². The van der Waals surface area contributed by atoms with Crippen molar-refractivity contribution in [1.29, 1.82) is 0 Å². The van der Waals surface area contributed by atoms with Gasteiger partial charge >= 0.3 is 5.97 Å². The average molecular weight is 609 g/mol. The number of hydrogen-bond donors (Lipinski definition) is 2. The van der Waals surface area contributed by atoms with Gasteiger partial charge in [0.2, 0.25) is 0 Å². The smallest absolute Gasteiger partial charge is 0.333 e. The molecule has 3 aromatic rings. The molecule has 0 radical (unpaired) electrons.